The number of nitrogens with zero attached hydrogens (tertiary/aromatic N) is 2. The molecular formula is C14H17BrClN3O. The summed E-state index contributed by atoms with van der Waals surface area (Å²) in [4.78, 5) is 4.20. The summed E-state index contributed by atoms with van der Waals surface area (Å²) in [7, 11) is 1.87. The molecule has 0 saturated heterocycles. The van der Waals surface area contributed by atoms with Crippen molar-refractivity contribution < 1.29 is 4.74 Å². The predicted molar refractivity (Wildman–Crippen MR) is 84.1 cm³/mol. The van der Waals surface area contributed by atoms with Crippen molar-refractivity contribution in [2.45, 2.75) is 20.1 Å². The van der Waals surface area contributed by atoms with Gasteiger partial charge in [0.25, 0.3) is 0 Å². The van der Waals surface area contributed by atoms with Crippen LogP contribution < -0.4 is 10.1 Å². The van der Waals surface area contributed by atoms with Crippen molar-refractivity contribution in [3.8, 4) is 5.75 Å². The maximum atomic E-state index is 5.94. The molecule has 0 fully saturated rings. The van der Waals surface area contributed by atoms with Gasteiger partial charge >= 0.3 is 0 Å². The van der Waals surface area contributed by atoms with Gasteiger partial charge in [-0.25, -0.2) is 4.98 Å². The number of hydrogen-bond donors (Lipinski definition) is 1. The molecule has 0 amide bonds. The van der Waals surface area contributed by atoms with Gasteiger partial charge in [-0.1, -0.05) is 34.5 Å². The van der Waals surface area contributed by atoms with Crippen molar-refractivity contribution in [2.75, 3.05) is 6.54 Å². The molecule has 4 nitrogen and oxygen atoms in total. The van der Waals surface area contributed by atoms with Crippen LogP contribution in [-0.2, 0) is 20.2 Å². The first-order valence-corrected chi connectivity index (χ1v) is 7.57. The van der Waals surface area contributed by atoms with Gasteiger partial charge in [0.2, 0.25) is 0 Å². The number of hydrogen-bond acceptors (Lipinski definition) is 3. The average Bonchev–Trinajstić information content (AvgIpc) is 2.76. The van der Waals surface area contributed by atoms with Crippen LogP contribution in [-0.4, -0.2) is 16.1 Å². The largest absolute Gasteiger partial charge is 0.486 e. The van der Waals surface area contributed by atoms with Gasteiger partial charge in [0.15, 0.2) is 0 Å². The lowest BCUT2D eigenvalue weighted by atomic mass is 10.2. The molecule has 0 radical (unpaired) electrons. The highest BCUT2D eigenvalue weighted by atomic mass is 79.9. The van der Waals surface area contributed by atoms with E-state index in [0.29, 0.717) is 11.8 Å². The highest BCUT2D eigenvalue weighted by molar-refractivity contribution is 9.10. The SMILES string of the molecule is CCNCc1cc(OCc2ncc(Cl)n2C)ccc1Br. The number of imidazole rings is 1. The van der Waals surface area contributed by atoms with E-state index < -0.39 is 0 Å². The van der Waals surface area contributed by atoms with Crippen LogP contribution in [0.2, 0.25) is 5.15 Å². The third-order valence-corrected chi connectivity index (χ3v) is 4.10. The first-order valence-electron chi connectivity index (χ1n) is 6.40. The summed E-state index contributed by atoms with van der Waals surface area (Å²) in [6.07, 6.45) is 1.62. The van der Waals surface area contributed by atoms with Crippen molar-refractivity contribution in [1.82, 2.24) is 14.9 Å². The maximum absolute atomic E-state index is 5.94. The van der Waals surface area contributed by atoms with E-state index in [9.17, 15) is 0 Å². The topological polar surface area (TPSA) is 39.1 Å². The third kappa shape index (κ3) is 3.75. The minimum absolute atomic E-state index is 0.394. The summed E-state index contributed by atoms with van der Waals surface area (Å²) in [5, 5.41) is 3.90. The Kier molecular flexibility index (Phi) is 5.46. The molecule has 0 bridgehead atoms. The van der Waals surface area contributed by atoms with E-state index in [-0.39, 0.29) is 0 Å². The zero-order chi connectivity index (χ0) is 14.5. The Bertz CT molecular complexity index is 586. The summed E-state index contributed by atoms with van der Waals surface area (Å²) in [6, 6.07) is 5.95. The molecule has 2 rings (SSSR count). The second-order valence-corrected chi connectivity index (χ2v) is 5.62. The first-order chi connectivity index (χ1) is 9.61. The molecule has 1 N–H and O–H groups in total. The Morgan fingerprint density at radius 1 is 1.45 bits per heavy atom. The monoisotopic (exact) mass is 357 g/mol. The molecule has 0 aliphatic rings. The number of benzene rings is 1. The van der Waals surface area contributed by atoms with Crippen LogP contribution in [0, 0.1) is 0 Å². The lowest BCUT2D eigenvalue weighted by molar-refractivity contribution is 0.291. The lowest BCUT2D eigenvalue weighted by Crippen LogP contribution is -2.12. The minimum atomic E-state index is 0.394. The van der Waals surface area contributed by atoms with Crippen LogP contribution in [0.25, 0.3) is 0 Å². The number of aromatic nitrogens is 2. The van der Waals surface area contributed by atoms with E-state index in [1.807, 2.05) is 25.2 Å². The van der Waals surface area contributed by atoms with E-state index >= 15 is 0 Å². The van der Waals surface area contributed by atoms with Gasteiger partial charge in [0.1, 0.15) is 23.3 Å². The van der Waals surface area contributed by atoms with Gasteiger partial charge in [-0.05, 0) is 30.3 Å². The van der Waals surface area contributed by atoms with Crippen LogP contribution in [0.3, 0.4) is 0 Å². The highest BCUT2D eigenvalue weighted by Crippen LogP contribution is 2.23. The summed E-state index contributed by atoms with van der Waals surface area (Å²) in [6.45, 7) is 4.22. The number of rotatable bonds is 6. The summed E-state index contributed by atoms with van der Waals surface area (Å²) < 4.78 is 8.65. The molecule has 2 aromatic rings. The van der Waals surface area contributed by atoms with Crippen molar-refractivity contribution >= 4 is 27.5 Å². The fourth-order valence-electron chi connectivity index (χ4n) is 1.74. The maximum Gasteiger partial charge on any atom is 0.147 e. The molecule has 0 aliphatic heterocycles. The molecule has 6 heteroatoms. The second-order valence-electron chi connectivity index (χ2n) is 4.38. The van der Waals surface area contributed by atoms with Gasteiger partial charge in [-0.2, -0.15) is 0 Å². The average molecular weight is 359 g/mol. The fourth-order valence-corrected chi connectivity index (χ4v) is 2.28. The zero-order valence-electron chi connectivity index (χ0n) is 11.5. The Hall–Kier alpha value is -1.04. The Morgan fingerprint density at radius 3 is 2.90 bits per heavy atom. The van der Waals surface area contributed by atoms with Crippen LogP contribution >= 0.6 is 27.5 Å². The number of ether oxygens (including phenoxy) is 1. The van der Waals surface area contributed by atoms with Crippen molar-refractivity contribution in [1.29, 1.82) is 0 Å². The van der Waals surface area contributed by atoms with Crippen LogP contribution in [0.5, 0.6) is 5.75 Å². The predicted octanol–water partition coefficient (Wildman–Crippen LogP) is 3.52. The molecule has 0 saturated carbocycles. The molecule has 20 heavy (non-hydrogen) atoms. The van der Waals surface area contributed by atoms with Crippen LogP contribution in [0.15, 0.2) is 28.9 Å². The first kappa shape index (κ1) is 15.4. The van der Waals surface area contributed by atoms with Crippen molar-refractivity contribution in [2.24, 2.45) is 7.05 Å². The number of halogens is 2. The molecular weight excluding hydrogens is 342 g/mol. The second kappa shape index (κ2) is 7.11. The Labute approximate surface area is 132 Å². The summed E-state index contributed by atoms with van der Waals surface area (Å²) in [5.41, 5.74) is 1.17. The molecule has 0 unspecified atom stereocenters. The van der Waals surface area contributed by atoms with Crippen LogP contribution in [0.4, 0.5) is 0 Å². The van der Waals surface area contributed by atoms with Crippen molar-refractivity contribution in [3.63, 3.8) is 0 Å². The van der Waals surface area contributed by atoms with Gasteiger partial charge in [-0.3, -0.25) is 0 Å². The molecule has 108 valence electrons. The molecule has 0 spiro atoms. The third-order valence-electron chi connectivity index (χ3n) is 2.98. The zero-order valence-corrected chi connectivity index (χ0v) is 13.8. The molecule has 1 aromatic heterocycles. The van der Waals surface area contributed by atoms with Crippen molar-refractivity contribution in [3.05, 3.63) is 45.4 Å². The molecule has 1 heterocycles. The quantitative estimate of drug-likeness (QED) is 0.858. The molecule has 0 atom stereocenters. The highest BCUT2D eigenvalue weighted by Gasteiger charge is 2.06. The van der Waals surface area contributed by atoms with E-state index in [4.69, 9.17) is 16.3 Å². The fraction of sp³-hybridized carbons (Fsp3) is 0.357. The minimum Gasteiger partial charge on any atom is -0.486 e. The molecule has 0 aliphatic carbocycles. The van der Waals surface area contributed by atoms with E-state index in [2.05, 4.69) is 33.2 Å². The summed E-state index contributed by atoms with van der Waals surface area (Å²) >= 11 is 9.49. The van der Waals surface area contributed by atoms with Gasteiger partial charge in [0.05, 0.1) is 6.20 Å². The standard InChI is InChI=1S/C14H17BrClN3O/c1-3-17-7-10-6-11(4-5-12(10)15)20-9-14-18-8-13(16)19(14)2/h4-6,8,17H,3,7,9H2,1-2H3. The Morgan fingerprint density at radius 2 is 2.25 bits per heavy atom. The Balaban J connectivity index is 2.04. The van der Waals surface area contributed by atoms with Gasteiger partial charge in [0, 0.05) is 18.1 Å². The van der Waals surface area contributed by atoms with Gasteiger partial charge in [-0.15, -0.1) is 0 Å². The summed E-state index contributed by atoms with van der Waals surface area (Å²) in [5.74, 6) is 1.62. The molecule has 1 aromatic carbocycles. The van der Waals surface area contributed by atoms with Gasteiger partial charge < -0.3 is 14.6 Å². The van der Waals surface area contributed by atoms with E-state index in [0.717, 1.165) is 29.1 Å². The van der Waals surface area contributed by atoms with E-state index in [1.54, 1.807) is 10.8 Å². The smallest absolute Gasteiger partial charge is 0.147 e. The normalized spacial score (nSPS) is 10.8. The van der Waals surface area contributed by atoms with Crippen LogP contribution in [0.1, 0.15) is 18.3 Å². The number of nitrogens with one attached hydrogen (secondary N) is 1. The van der Waals surface area contributed by atoms with E-state index in [1.165, 1.54) is 5.56 Å². The lowest BCUT2D eigenvalue weighted by Gasteiger charge is -2.10.